The molecule has 1 heteroatoms. The van der Waals surface area contributed by atoms with E-state index in [1.54, 1.807) is 0 Å². The first kappa shape index (κ1) is 11.0. The molecule has 0 aromatic rings. The van der Waals surface area contributed by atoms with E-state index in [1.165, 1.54) is 25.7 Å². The molecule has 0 aromatic heterocycles. The van der Waals surface area contributed by atoms with Crippen LogP contribution in [0.15, 0.2) is 0 Å². The molecule has 0 aromatic carbocycles. The average Bonchev–Trinajstić information content (AvgIpc) is 2.24. The molecule has 78 valence electrons. The largest absolute Gasteiger partial charge is 0.327 e. The lowest BCUT2D eigenvalue weighted by Crippen LogP contribution is -2.34. The van der Waals surface area contributed by atoms with Crippen molar-refractivity contribution in [3.8, 4) is 0 Å². The normalized spacial score (nSPS) is 45.5. The second kappa shape index (κ2) is 4.00. The van der Waals surface area contributed by atoms with Gasteiger partial charge in [0.05, 0.1) is 0 Å². The molecule has 0 heterocycles. The van der Waals surface area contributed by atoms with Crippen LogP contribution in [0.5, 0.6) is 0 Å². The van der Waals surface area contributed by atoms with E-state index in [1.807, 2.05) is 0 Å². The lowest BCUT2D eigenvalue weighted by molar-refractivity contribution is 0.191. The Labute approximate surface area is 83.1 Å². The Kier molecular flexibility index (Phi) is 3.39. The molecule has 0 saturated heterocycles. The van der Waals surface area contributed by atoms with E-state index in [9.17, 15) is 0 Å². The Balaban J connectivity index is 2.74. The van der Waals surface area contributed by atoms with Gasteiger partial charge in [0.15, 0.2) is 0 Å². The predicted molar refractivity (Wildman–Crippen MR) is 58.6 cm³/mol. The van der Waals surface area contributed by atoms with Crippen molar-refractivity contribution in [2.24, 2.45) is 23.0 Å². The van der Waals surface area contributed by atoms with Crippen LogP contribution in [-0.2, 0) is 0 Å². The van der Waals surface area contributed by atoms with E-state index >= 15 is 0 Å². The Morgan fingerprint density at radius 1 is 1.38 bits per heavy atom. The van der Waals surface area contributed by atoms with Crippen LogP contribution in [0.25, 0.3) is 0 Å². The second-order valence-electron chi connectivity index (χ2n) is 5.18. The van der Waals surface area contributed by atoms with Crippen LogP contribution in [0, 0.1) is 17.3 Å². The first-order chi connectivity index (χ1) is 6.05. The minimum Gasteiger partial charge on any atom is -0.327 e. The summed E-state index contributed by atoms with van der Waals surface area (Å²) >= 11 is 0. The lowest BCUT2D eigenvalue weighted by Gasteiger charge is -2.32. The molecule has 1 aliphatic rings. The first-order valence-corrected chi connectivity index (χ1v) is 5.80. The van der Waals surface area contributed by atoms with Gasteiger partial charge in [0.25, 0.3) is 0 Å². The quantitative estimate of drug-likeness (QED) is 0.714. The molecule has 1 aliphatic carbocycles. The highest BCUT2D eigenvalue weighted by atomic mass is 14.7. The highest BCUT2D eigenvalue weighted by Gasteiger charge is 2.45. The molecule has 0 spiro atoms. The van der Waals surface area contributed by atoms with E-state index < -0.39 is 0 Å². The Bertz CT molecular complexity index is 167. The van der Waals surface area contributed by atoms with Gasteiger partial charge in [0.1, 0.15) is 0 Å². The van der Waals surface area contributed by atoms with Crippen LogP contribution in [0.2, 0.25) is 0 Å². The fraction of sp³-hybridized carbons (Fsp3) is 1.00. The van der Waals surface area contributed by atoms with Crippen molar-refractivity contribution in [1.29, 1.82) is 0 Å². The SMILES string of the molecule is CCCC1(C)CC(C)C(N)C1CC. The number of rotatable bonds is 3. The molecule has 4 unspecified atom stereocenters. The molecule has 2 N–H and O–H groups in total. The summed E-state index contributed by atoms with van der Waals surface area (Å²) < 4.78 is 0. The summed E-state index contributed by atoms with van der Waals surface area (Å²) in [4.78, 5) is 0. The summed E-state index contributed by atoms with van der Waals surface area (Å²) in [6, 6.07) is 0.446. The van der Waals surface area contributed by atoms with Crippen molar-refractivity contribution >= 4 is 0 Å². The van der Waals surface area contributed by atoms with E-state index in [0.717, 1.165) is 11.8 Å². The minimum absolute atomic E-state index is 0.446. The van der Waals surface area contributed by atoms with Crippen molar-refractivity contribution in [1.82, 2.24) is 0 Å². The molecule has 0 aliphatic heterocycles. The molecular weight excluding hydrogens is 158 g/mol. The number of nitrogens with two attached hydrogens (primary N) is 1. The summed E-state index contributed by atoms with van der Waals surface area (Å²) in [5.41, 5.74) is 6.77. The number of hydrogen-bond donors (Lipinski definition) is 1. The van der Waals surface area contributed by atoms with Crippen LogP contribution in [0.4, 0.5) is 0 Å². The van der Waals surface area contributed by atoms with Gasteiger partial charge >= 0.3 is 0 Å². The van der Waals surface area contributed by atoms with Crippen molar-refractivity contribution in [3.63, 3.8) is 0 Å². The van der Waals surface area contributed by atoms with Crippen molar-refractivity contribution in [2.45, 2.75) is 59.4 Å². The zero-order chi connectivity index (χ0) is 10.1. The number of hydrogen-bond acceptors (Lipinski definition) is 1. The fourth-order valence-corrected chi connectivity index (χ4v) is 3.51. The minimum atomic E-state index is 0.446. The van der Waals surface area contributed by atoms with Crippen molar-refractivity contribution < 1.29 is 0 Å². The Hall–Kier alpha value is -0.0400. The maximum absolute atomic E-state index is 6.24. The fourth-order valence-electron chi connectivity index (χ4n) is 3.51. The van der Waals surface area contributed by atoms with Gasteiger partial charge in [-0.15, -0.1) is 0 Å². The molecule has 1 saturated carbocycles. The molecule has 4 atom stereocenters. The summed E-state index contributed by atoms with van der Waals surface area (Å²) in [5.74, 6) is 1.48. The average molecular weight is 183 g/mol. The van der Waals surface area contributed by atoms with Gasteiger partial charge in [-0.25, -0.2) is 0 Å². The van der Waals surface area contributed by atoms with Gasteiger partial charge < -0.3 is 5.73 Å². The highest BCUT2D eigenvalue weighted by molar-refractivity contribution is 4.98. The monoisotopic (exact) mass is 183 g/mol. The molecule has 13 heavy (non-hydrogen) atoms. The zero-order valence-corrected chi connectivity index (χ0v) is 9.64. The van der Waals surface area contributed by atoms with E-state index in [2.05, 4.69) is 27.7 Å². The topological polar surface area (TPSA) is 26.0 Å². The van der Waals surface area contributed by atoms with Crippen LogP contribution in [0.1, 0.15) is 53.4 Å². The molecule has 0 radical (unpaired) electrons. The lowest BCUT2D eigenvalue weighted by atomic mass is 9.74. The highest BCUT2D eigenvalue weighted by Crippen LogP contribution is 2.49. The van der Waals surface area contributed by atoms with Crippen LogP contribution in [0.3, 0.4) is 0 Å². The summed E-state index contributed by atoms with van der Waals surface area (Å²) in [7, 11) is 0. The molecule has 1 fully saturated rings. The third-order valence-corrected chi connectivity index (χ3v) is 4.07. The maximum Gasteiger partial charge on any atom is 0.00983 e. The summed E-state index contributed by atoms with van der Waals surface area (Å²) in [6.07, 6.45) is 5.23. The predicted octanol–water partition coefficient (Wildman–Crippen LogP) is 3.19. The van der Waals surface area contributed by atoms with Gasteiger partial charge in [0.2, 0.25) is 0 Å². The maximum atomic E-state index is 6.24. The van der Waals surface area contributed by atoms with Crippen LogP contribution < -0.4 is 5.73 Å². The first-order valence-electron chi connectivity index (χ1n) is 5.80. The Morgan fingerprint density at radius 3 is 2.46 bits per heavy atom. The van der Waals surface area contributed by atoms with Crippen molar-refractivity contribution in [3.05, 3.63) is 0 Å². The van der Waals surface area contributed by atoms with Gasteiger partial charge in [-0.05, 0) is 30.1 Å². The zero-order valence-electron chi connectivity index (χ0n) is 9.64. The molecule has 1 rings (SSSR count). The smallest absolute Gasteiger partial charge is 0.00983 e. The van der Waals surface area contributed by atoms with Gasteiger partial charge in [-0.3, -0.25) is 0 Å². The van der Waals surface area contributed by atoms with Crippen molar-refractivity contribution in [2.75, 3.05) is 0 Å². The van der Waals surface area contributed by atoms with Gasteiger partial charge in [-0.2, -0.15) is 0 Å². The molecule has 1 nitrogen and oxygen atoms in total. The van der Waals surface area contributed by atoms with E-state index in [4.69, 9.17) is 5.73 Å². The van der Waals surface area contributed by atoms with Crippen LogP contribution in [-0.4, -0.2) is 6.04 Å². The Morgan fingerprint density at radius 2 is 2.00 bits per heavy atom. The van der Waals surface area contributed by atoms with Gasteiger partial charge in [0, 0.05) is 6.04 Å². The standard InChI is InChI=1S/C12H25N/c1-5-7-12(4)8-9(3)11(13)10(12)6-2/h9-11H,5-8,13H2,1-4H3. The molecular formula is C12H25N. The summed E-state index contributed by atoms with van der Waals surface area (Å²) in [6.45, 7) is 9.32. The molecule has 0 amide bonds. The third kappa shape index (κ3) is 1.90. The third-order valence-electron chi connectivity index (χ3n) is 4.07. The molecule has 0 bridgehead atoms. The van der Waals surface area contributed by atoms with E-state index in [-0.39, 0.29) is 0 Å². The van der Waals surface area contributed by atoms with Crippen LogP contribution >= 0.6 is 0 Å². The van der Waals surface area contributed by atoms with E-state index in [0.29, 0.717) is 11.5 Å². The summed E-state index contributed by atoms with van der Waals surface area (Å²) in [5, 5.41) is 0. The van der Waals surface area contributed by atoms with Gasteiger partial charge in [-0.1, -0.05) is 40.5 Å². The second-order valence-corrected chi connectivity index (χ2v) is 5.18.